The summed E-state index contributed by atoms with van der Waals surface area (Å²) >= 11 is 0. The van der Waals surface area contributed by atoms with E-state index in [0.717, 1.165) is 12.1 Å². The topological polar surface area (TPSA) is 38.3 Å². The first-order valence-electron chi connectivity index (χ1n) is 9.42. The number of anilines is 1. The summed E-state index contributed by atoms with van der Waals surface area (Å²) in [4.78, 5) is 12.4. The minimum Gasteiger partial charge on any atom is -0.462 e. The van der Waals surface area contributed by atoms with E-state index in [1.165, 1.54) is 11.1 Å². The van der Waals surface area contributed by atoms with Crippen LogP contribution in [0.25, 0.3) is 0 Å². The van der Waals surface area contributed by atoms with Gasteiger partial charge in [-0.05, 0) is 47.6 Å². The van der Waals surface area contributed by atoms with E-state index in [1.54, 1.807) is 0 Å². The van der Waals surface area contributed by atoms with Gasteiger partial charge >= 0.3 is 5.97 Å². The van der Waals surface area contributed by atoms with Gasteiger partial charge in [0.2, 0.25) is 0 Å². The van der Waals surface area contributed by atoms with Crippen LogP contribution in [0.15, 0.2) is 60.7 Å². The summed E-state index contributed by atoms with van der Waals surface area (Å²) in [5.41, 5.74) is 4.28. The third-order valence-corrected chi connectivity index (χ3v) is 5.30. The predicted octanol–water partition coefficient (Wildman–Crippen LogP) is 5.33. The van der Waals surface area contributed by atoms with Gasteiger partial charge in [-0.25, -0.2) is 4.79 Å². The molecule has 0 aromatic heterocycles. The van der Waals surface area contributed by atoms with Crippen molar-refractivity contribution >= 4 is 11.7 Å². The number of benzene rings is 2. The molecule has 3 nitrogen and oxygen atoms in total. The SMILES string of the molecule is CC(C)COC(=O)c1ccc2c(c1)[C@@H]1C=CC[C@@H]1[C@H](c1ccccc1)N2. The normalized spacial score (nSPS) is 23.3. The molecule has 1 aliphatic carbocycles. The fraction of sp³-hybridized carbons (Fsp3) is 0.348. The quantitative estimate of drug-likeness (QED) is 0.600. The first-order valence-corrected chi connectivity index (χ1v) is 9.42. The highest BCUT2D eigenvalue weighted by Gasteiger charge is 2.38. The van der Waals surface area contributed by atoms with Crippen LogP contribution in [-0.4, -0.2) is 12.6 Å². The summed E-state index contributed by atoms with van der Waals surface area (Å²) in [5.74, 6) is 0.929. The first-order chi connectivity index (χ1) is 12.6. The lowest BCUT2D eigenvalue weighted by Gasteiger charge is -2.37. The molecule has 0 spiro atoms. The third-order valence-electron chi connectivity index (χ3n) is 5.30. The van der Waals surface area contributed by atoms with Crippen LogP contribution < -0.4 is 5.32 Å². The molecule has 2 aliphatic rings. The van der Waals surface area contributed by atoms with Crippen molar-refractivity contribution in [1.29, 1.82) is 0 Å². The highest BCUT2D eigenvalue weighted by atomic mass is 16.5. The third kappa shape index (κ3) is 3.14. The molecule has 1 heterocycles. The molecule has 0 radical (unpaired) electrons. The van der Waals surface area contributed by atoms with E-state index in [-0.39, 0.29) is 5.97 Å². The van der Waals surface area contributed by atoms with Gasteiger partial charge in [-0.3, -0.25) is 0 Å². The van der Waals surface area contributed by atoms with Crippen LogP contribution in [-0.2, 0) is 4.74 Å². The molecule has 2 aromatic carbocycles. The lowest BCUT2D eigenvalue weighted by molar-refractivity contribution is 0.0459. The Labute approximate surface area is 155 Å². The number of allylic oxidation sites excluding steroid dienone is 2. The fourth-order valence-electron chi connectivity index (χ4n) is 4.04. The Balaban J connectivity index is 1.64. The molecule has 0 bridgehead atoms. The number of hydrogen-bond acceptors (Lipinski definition) is 3. The molecule has 3 atom stereocenters. The van der Waals surface area contributed by atoms with Crippen molar-refractivity contribution in [1.82, 2.24) is 0 Å². The zero-order valence-corrected chi connectivity index (χ0v) is 15.3. The summed E-state index contributed by atoms with van der Waals surface area (Å²) in [6.45, 7) is 4.54. The van der Waals surface area contributed by atoms with Crippen molar-refractivity contribution in [3.8, 4) is 0 Å². The lowest BCUT2D eigenvalue weighted by atomic mass is 9.76. The fourth-order valence-corrected chi connectivity index (χ4v) is 4.04. The van der Waals surface area contributed by atoms with Crippen LogP contribution in [0.1, 0.15) is 53.7 Å². The van der Waals surface area contributed by atoms with Gasteiger partial charge in [0.15, 0.2) is 0 Å². The Morgan fingerprint density at radius 1 is 1.19 bits per heavy atom. The molecule has 0 fully saturated rings. The molecule has 1 N–H and O–H groups in total. The van der Waals surface area contributed by atoms with E-state index in [0.29, 0.717) is 36.0 Å². The van der Waals surface area contributed by atoms with E-state index in [2.05, 4.69) is 47.8 Å². The maximum atomic E-state index is 12.4. The maximum absolute atomic E-state index is 12.4. The molecule has 0 saturated carbocycles. The van der Waals surface area contributed by atoms with Crippen LogP contribution >= 0.6 is 0 Å². The van der Waals surface area contributed by atoms with Gasteiger partial charge < -0.3 is 10.1 Å². The molecular formula is C23H25NO2. The van der Waals surface area contributed by atoms with Crippen molar-refractivity contribution in [2.45, 2.75) is 32.2 Å². The van der Waals surface area contributed by atoms with Gasteiger partial charge in [0.1, 0.15) is 0 Å². The van der Waals surface area contributed by atoms with Crippen LogP contribution in [0.5, 0.6) is 0 Å². The summed E-state index contributed by atoms with van der Waals surface area (Å²) in [7, 11) is 0. The minimum atomic E-state index is -0.231. The van der Waals surface area contributed by atoms with E-state index < -0.39 is 0 Å². The van der Waals surface area contributed by atoms with Crippen molar-refractivity contribution < 1.29 is 9.53 Å². The molecule has 134 valence electrons. The Morgan fingerprint density at radius 2 is 2.00 bits per heavy atom. The summed E-state index contributed by atoms with van der Waals surface area (Å²) in [6, 6.07) is 16.8. The molecule has 2 aromatic rings. The van der Waals surface area contributed by atoms with Crippen LogP contribution in [0.4, 0.5) is 5.69 Å². The minimum absolute atomic E-state index is 0.231. The zero-order chi connectivity index (χ0) is 18.1. The first kappa shape index (κ1) is 16.9. The highest BCUT2D eigenvalue weighted by Crippen LogP contribution is 2.49. The molecule has 3 heteroatoms. The molecule has 0 unspecified atom stereocenters. The van der Waals surface area contributed by atoms with E-state index >= 15 is 0 Å². The number of carbonyl (C=O) groups is 1. The van der Waals surface area contributed by atoms with Crippen LogP contribution in [0, 0.1) is 11.8 Å². The standard InChI is InChI=1S/C23H25NO2/c1-15(2)14-26-23(25)17-11-12-21-20(13-17)18-9-6-10-19(18)22(24-21)16-7-4-3-5-8-16/h3-9,11-13,15,18-19,22,24H,10,14H2,1-2H3/t18-,19+,22+/m1/s1. The maximum Gasteiger partial charge on any atom is 0.338 e. The summed E-state index contributed by atoms with van der Waals surface area (Å²) < 4.78 is 5.40. The van der Waals surface area contributed by atoms with E-state index in [4.69, 9.17) is 4.74 Å². The number of esters is 1. The van der Waals surface area contributed by atoms with Crippen molar-refractivity contribution in [2.24, 2.45) is 11.8 Å². The average Bonchev–Trinajstić information content (AvgIpc) is 3.16. The molecule has 0 saturated heterocycles. The van der Waals surface area contributed by atoms with Gasteiger partial charge in [0.25, 0.3) is 0 Å². The number of hydrogen-bond donors (Lipinski definition) is 1. The van der Waals surface area contributed by atoms with Crippen LogP contribution in [0.2, 0.25) is 0 Å². The van der Waals surface area contributed by atoms with E-state index in [1.807, 2.05) is 32.0 Å². The van der Waals surface area contributed by atoms with Gasteiger partial charge in [-0.1, -0.05) is 56.3 Å². The molecule has 0 amide bonds. The smallest absolute Gasteiger partial charge is 0.338 e. The van der Waals surface area contributed by atoms with Gasteiger partial charge in [-0.2, -0.15) is 0 Å². The summed E-state index contributed by atoms with van der Waals surface area (Å²) in [5, 5.41) is 3.71. The predicted molar refractivity (Wildman–Crippen MR) is 104 cm³/mol. The van der Waals surface area contributed by atoms with Gasteiger partial charge in [0.05, 0.1) is 18.2 Å². The number of ether oxygens (including phenoxy) is 1. The number of nitrogens with one attached hydrogen (secondary N) is 1. The Kier molecular flexibility index (Phi) is 4.54. The highest BCUT2D eigenvalue weighted by molar-refractivity contribution is 5.90. The second-order valence-corrected chi connectivity index (χ2v) is 7.68. The number of rotatable bonds is 4. The lowest BCUT2D eigenvalue weighted by Crippen LogP contribution is -2.29. The van der Waals surface area contributed by atoms with Crippen molar-refractivity contribution in [2.75, 3.05) is 11.9 Å². The van der Waals surface area contributed by atoms with Gasteiger partial charge in [0, 0.05) is 11.6 Å². The Bertz CT molecular complexity index is 825. The molecule has 4 rings (SSSR count). The number of fused-ring (bicyclic) bond motifs is 3. The van der Waals surface area contributed by atoms with Crippen molar-refractivity contribution in [3.05, 3.63) is 77.4 Å². The molecule has 1 aliphatic heterocycles. The average molecular weight is 347 g/mol. The van der Waals surface area contributed by atoms with E-state index in [9.17, 15) is 4.79 Å². The van der Waals surface area contributed by atoms with Gasteiger partial charge in [-0.15, -0.1) is 0 Å². The Morgan fingerprint density at radius 3 is 2.77 bits per heavy atom. The second kappa shape index (κ2) is 6.99. The molecular weight excluding hydrogens is 322 g/mol. The number of carbonyl (C=O) groups excluding carboxylic acids is 1. The van der Waals surface area contributed by atoms with Crippen LogP contribution in [0.3, 0.4) is 0 Å². The second-order valence-electron chi connectivity index (χ2n) is 7.68. The monoisotopic (exact) mass is 347 g/mol. The Hall–Kier alpha value is -2.55. The van der Waals surface area contributed by atoms with Crippen molar-refractivity contribution in [3.63, 3.8) is 0 Å². The molecule has 26 heavy (non-hydrogen) atoms. The zero-order valence-electron chi connectivity index (χ0n) is 15.3. The largest absolute Gasteiger partial charge is 0.462 e. The summed E-state index contributed by atoms with van der Waals surface area (Å²) in [6.07, 6.45) is 5.62.